The zero-order valence-electron chi connectivity index (χ0n) is 11.6. The maximum absolute atomic E-state index is 4.38. The lowest BCUT2D eigenvalue weighted by atomic mass is 10.4. The van der Waals surface area contributed by atoms with E-state index in [2.05, 4.69) is 20.0 Å². The first-order valence-corrected chi connectivity index (χ1v) is 5.91. The average Bonchev–Trinajstić information content (AvgIpc) is 2.79. The van der Waals surface area contributed by atoms with E-state index < -0.39 is 0 Å². The van der Waals surface area contributed by atoms with Crippen molar-refractivity contribution in [1.29, 1.82) is 0 Å². The van der Waals surface area contributed by atoms with E-state index in [1.807, 2.05) is 57.1 Å². The molecule has 2 rings (SSSR count). The van der Waals surface area contributed by atoms with Gasteiger partial charge in [0, 0.05) is 34.4 Å². The number of rotatable bonds is 4. The van der Waals surface area contributed by atoms with Gasteiger partial charge in [-0.1, -0.05) is 0 Å². The highest BCUT2D eigenvalue weighted by Gasteiger charge is 2.09. The van der Waals surface area contributed by atoms with Crippen molar-refractivity contribution in [2.45, 2.75) is 13.5 Å². The van der Waals surface area contributed by atoms with Crippen LogP contribution in [0.25, 0.3) is 0 Å². The van der Waals surface area contributed by atoms with Gasteiger partial charge in [-0.3, -0.25) is 4.68 Å². The van der Waals surface area contributed by atoms with Crippen LogP contribution in [0.2, 0.25) is 0 Å². The molecule has 2 aromatic heterocycles. The molecule has 0 bridgehead atoms. The third kappa shape index (κ3) is 2.32. The second-order valence-corrected chi connectivity index (χ2v) is 4.66. The number of anilines is 2. The zero-order chi connectivity index (χ0) is 13.3. The van der Waals surface area contributed by atoms with E-state index in [4.69, 9.17) is 0 Å². The van der Waals surface area contributed by atoms with Crippen LogP contribution in [0, 0.1) is 6.92 Å². The monoisotopic (exact) mass is 248 g/mol. The van der Waals surface area contributed by atoms with Crippen molar-refractivity contribution in [1.82, 2.24) is 19.3 Å². The summed E-state index contributed by atoms with van der Waals surface area (Å²) in [7, 11) is 7.93. The van der Waals surface area contributed by atoms with Gasteiger partial charge in [0.05, 0.1) is 29.8 Å². The summed E-state index contributed by atoms with van der Waals surface area (Å²) < 4.78 is 3.89. The molecular formula is C12H20N6. The van der Waals surface area contributed by atoms with Crippen molar-refractivity contribution in [2.75, 3.05) is 24.3 Å². The van der Waals surface area contributed by atoms with E-state index in [0.717, 1.165) is 29.6 Å². The van der Waals surface area contributed by atoms with Crippen molar-refractivity contribution in [3.05, 3.63) is 23.8 Å². The Morgan fingerprint density at radius 1 is 1.33 bits per heavy atom. The molecule has 0 saturated carbocycles. The lowest BCUT2D eigenvalue weighted by Crippen LogP contribution is -2.15. The maximum Gasteiger partial charge on any atom is 0.204 e. The van der Waals surface area contributed by atoms with Gasteiger partial charge in [0.2, 0.25) is 5.95 Å². The molecule has 18 heavy (non-hydrogen) atoms. The Morgan fingerprint density at radius 2 is 2.06 bits per heavy atom. The topological polar surface area (TPSA) is 50.9 Å². The minimum atomic E-state index is 0.740. The maximum atomic E-state index is 4.38. The highest BCUT2D eigenvalue weighted by Crippen LogP contribution is 2.15. The van der Waals surface area contributed by atoms with Crippen molar-refractivity contribution >= 4 is 11.6 Å². The van der Waals surface area contributed by atoms with Crippen molar-refractivity contribution in [2.24, 2.45) is 14.1 Å². The van der Waals surface area contributed by atoms with Gasteiger partial charge in [0.15, 0.2) is 0 Å². The van der Waals surface area contributed by atoms with Crippen LogP contribution in [-0.2, 0) is 20.6 Å². The van der Waals surface area contributed by atoms with Crippen LogP contribution < -0.4 is 10.2 Å². The van der Waals surface area contributed by atoms with Crippen LogP contribution in [0.3, 0.4) is 0 Å². The highest BCUT2D eigenvalue weighted by molar-refractivity contribution is 5.46. The molecule has 0 radical (unpaired) electrons. The summed E-state index contributed by atoms with van der Waals surface area (Å²) >= 11 is 0. The Balaban J connectivity index is 2.09. The molecule has 0 aliphatic rings. The molecule has 0 spiro atoms. The third-order valence-electron chi connectivity index (χ3n) is 2.93. The summed E-state index contributed by atoms with van der Waals surface area (Å²) in [6.45, 7) is 2.74. The van der Waals surface area contributed by atoms with E-state index in [1.165, 1.54) is 0 Å². The van der Waals surface area contributed by atoms with Crippen molar-refractivity contribution in [3.63, 3.8) is 0 Å². The van der Waals surface area contributed by atoms with Crippen LogP contribution in [0.5, 0.6) is 0 Å². The molecule has 1 N–H and O–H groups in total. The van der Waals surface area contributed by atoms with Crippen LogP contribution in [-0.4, -0.2) is 33.4 Å². The van der Waals surface area contributed by atoms with Crippen molar-refractivity contribution in [3.8, 4) is 0 Å². The molecule has 0 aliphatic carbocycles. The number of hydrogen-bond acceptors (Lipinski definition) is 4. The fourth-order valence-electron chi connectivity index (χ4n) is 1.97. The van der Waals surface area contributed by atoms with E-state index in [9.17, 15) is 0 Å². The summed E-state index contributed by atoms with van der Waals surface area (Å²) in [5, 5.41) is 7.68. The van der Waals surface area contributed by atoms with Crippen molar-refractivity contribution < 1.29 is 0 Å². The highest BCUT2D eigenvalue weighted by atomic mass is 15.3. The molecule has 0 saturated heterocycles. The molecule has 0 amide bonds. The Bertz CT molecular complexity index is 537. The van der Waals surface area contributed by atoms with E-state index in [0.29, 0.717) is 0 Å². The van der Waals surface area contributed by atoms with Gasteiger partial charge in [-0.2, -0.15) is 5.10 Å². The lowest BCUT2D eigenvalue weighted by molar-refractivity contribution is 0.756. The van der Waals surface area contributed by atoms with Crippen LogP contribution in [0.1, 0.15) is 11.4 Å². The molecule has 0 unspecified atom stereocenters. The van der Waals surface area contributed by atoms with Gasteiger partial charge in [0.25, 0.3) is 0 Å². The second-order valence-electron chi connectivity index (χ2n) is 4.66. The number of hydrogen-bond donors (Lipinski definition) is 1. The molecule has 98 valence electrons. The molecular weight excluding hydrogens is 228 g/mol. The van der Waals surface area contributed by atoms with E-state index in [1.54, 1.807) is 0 Å². The van der Waals surface area contributed by atoms with Crippen LogP contribution in [0.4, 0.5) is 11.6 Å². The number of aryl methyl sites for hydroxylation is 2. The molecule has 2 heterocycles. The predicted octanol–water partition coefficient (Wildman–Crippen LogP) is 1.14. The first-order valence-electron chi connectivity index (χ1n) is 5.91. The Hall–Kier alpha value is -1.98. The summed E-state index contributed by atoms with van der Waals surface area (Å²) in [5.74, 6) is 0.953. The Morgan fingerprint density at radius 3 is 2.56 bits per heavy atom. The fraction of sp³-hybridized carbons (Fsp3) is 0.500. The summed E-state index contributed by atoms with van der Waals surface area (Å²) in [5.41, 5.74) is 3.21. The van der Waals surface area contributed by atoms with Gasteiger partial charge in [-0.25, -0.2) is 4.98 Å². The molecule has 6 heteroatoms. The number of nitrogens with zero attached hydrogens (tertiary/aromatic N) is 5. The number of nitrogens with one attached hydrogen (secondary N) is 1. The van der Waals surface area contributed by atoms with E-state index >= 15 is 0 Å². The largest absolute Gasteiger partial charge is 0.377 e. The normalized spacial score (nSPS) is 10.7. The Kier molecular flexibility index (Phi) is 3.27. The minimum absolute atomic E-state index is 0.740. The molecule has 2 aromatic rings. The average molecular weight is 248 g/mol. The van der Waals surface area contributed by atoms with Gasteiger partial charge >= 0.3 is 0 Å². The third-order valence-corrected chi connectivity index (χ3v) is 2.93. The van der Waals surface area contributed by atoms with Gasteiger partial charge in [0.1, 0.15) is 0 Å². The first-order chi connectivity index (χ1) is 8.49. The van der Waals surface area contributed by atoms with E-state index in [-0.39, 0.29) is 0 Å². The SMILES string of the molecule is Cc1nn(C)cc1NCc1cnc(N(C)C)n1C. The molecule has 0 aliphatic heterocycles. The molecule has 0 aromatic carbocycles. The second kappa shape index (κ2) is 4.72. The molecule has 0 fully saturated rings. The summed E-state index contributed by atoms with van der Waals surface area (Å²) in [6.07, 6.45) is 3.88. The number of imidazole rings is 1. The molecule has 0 atom stereocenters. The smallest absolute Gasteiger partial charge is 0.204 e. The van der Waals surface area contributed by atoms with Gasteiger partial charge in [-0.15, -0.1) is 0 Å². The van der Waals surface area contributed by atoms with Gasteiger partial charge < -0.3 is 14.8 Å². The summed E-state index contributed by atoms with van der Waals surface area (Å²) in [4.78, 5) is 6.38. The summed E-state index contributed by atoms with van der Waals surface area (Å²) in [6, 6.07) is 0. The minimum Gasteiger partial charge on any atom is -0.377 e. The van der Waals surface area contributed by atoms with Gasteiger partial charge in [-0.05, 0) is 6.92 Å². The van der Waals surface area contributed by atoms with Crippen LogP contribution in [0.15, 0.2) is 12.4 Å². The predicted molar refractivity (Wildman–Crippen MR) is 72.8 cm³/mol. The fourth-order valence-corrected chi connectivity index (χ4v) is 1.97. The zero-order valence-corrected chi connectivity index (χ0v) is 11.6. The van der Waals surface area contributed by atoms with Crippen LogP contribution >= 0.6 is 0 Å². The lowest BCUT2D eigenvalue weighted by Gasteiger charge is -2.13. The quantitative estimate of drug-likeness (QED) is 0.881. The molecule has 6 nitrogen and oxygen atoms in total. The Labute approximate surface area is 107 Å². The first kappa shape index (κ1) is 12.5. The number of aromatic nitrogens is 4. The standard InChI is InChI=1S/C12H20N6/c1-9-11(8-17(4)15-9)13-6-10-7-14-12(16(2)3)18(10)5/h7-8,13H,6H2,1-5H3.